The lowest BCUT2D eigenvalue weighted by Crippen LogP contribution is -2.35. The number of rotatable bonds is 7. The molecule has 0 aliphatic heterocycles. The number of sulfonamides is 1. The zero-order valence-corrected chi connectivity index (χ0v) is 14.8. The fraction of sp³-hybridized carbons (Fsp3) is 0.538. The summed E-state index contributed by atoms with van der Waals surface area (Å²) in [6, 6.07) is 2.43. The van der Waals surface area contributed by atoms with Crippen molar-refractivity contribution in [1.82, 2.24) is 9.62 Å². The molecule has 0 saturated heterocycles. The lowest BCUT2D eigenvalue weighted by Gasteiger charge is -2.17. The van der Waals surface area contributed by atoms with E-state index in [1.807, 2.05) is 19.0 Å². The molecular weight excluding hydrogens is 361 g/mol. The Labute approximate surface area is 133 Å². The van der Waals surface area contributed by atoms with Gasteiger partial charge in [0.25, 0.3) is 0 Å². The van der Waals surface area contributed by atoms with Gasteiger partial charge in [0.2, 0.25) is 10.0 Å². The van der Waals surface area contributed by atoms with E-state index in [2.05, 4.69) is 20.7 Å². The minimum atomic E-state index is -3.92. The summed E-state index contributed by atoms with van der Waals surface area (Å²) in [5, 5.41) is 0. The normalized spacial score (nSPS) is 13.7. The van der Waals surface area contributed by atoms with Gasteiger partial charge in [0.15, 0.2) is 0 Å². The summed E-state index contributed by atoms with van der Waals surface area (Å²) in [6.07, 6.45) is 0.631. The highest BCUT2D eigenvalue weighted by Gasteiger charge is 2.23. The SMILES string of the molecule is CC(CCN(C)C)NS(=O)(=O)c1cc(Br)cc(CN)c1F. The van der Waals surface area contributed by atoms with Gasteiger partial charge in [-0.25, -0.2) is 17.5 Å². The Morgan fingerprint density at radius 3 is 2.57 bits per heavy atom. The molecule has 1 rings (SSSR count). The van der Waals surface area contributed by atoms with E-state index in [1.54, 1.807) is 6.92 Å². The van der Waals surface area contributed by atoms with Crippen LogP contribution in [0.5, 0.6) is 0 Å². The number of nitrogens with zero attached hydrogens (tertiary/aromatic N) is 1. The summed E-state index contributed by atoms with van der Waals surface area (Å²) >= 11 is 3.18. The molecule has 0 radical (unpaired) electrons. The molecule has 0 spiro atoms. The second-order valence-corrected chi connectivity index (χ2v) is 7.79. The summed E-state index contributed by atoms with van der Waals surface area (Å²) in [5.74, 6) is -0.798. The van der Waals surface area contributed by atoms with Crippen LogP contribution in [0, 0.1) is 5.82 Å². The van der Waals surface area contributed by atoms with E-state index < -0.39 is 15.8 Å². The smallest absolute Gasteiger partial charge is 0.243 e. The van der Waals surface area contributed by atoms with Crippen LogP contribution < -0.4 is 10.5 Å². The van der Waals surface area contributed by atoms with E-state index in [9.17, 15) is 12.8 Å². The predicted molar refractivity (Wildman–Crippen MR) is 84.9 cm³/mol. The highest BCUT2D eigenvalue weighted by molar-refractivity contribution is 9.10. The first-order chi connectivity index (χ1) is 9.67. The molecular formula is C13H21BrFN3O2S. The Morgan fingerprint density at radius 1 is 1.43 bits per heavy atom. The summed E-state index contributed by atoms with van der Waals surface area (Å²) in [7, 11) is -0.111. The Hall–Kier alpha value is -0.540. The molecule has 8 heteroatoms. The van der Waals surface area contributed by atoms with Gasteiger partial charge in [-0.15, -0.1) is 0 Å². The lowest BCUT2D eigenvalue weighted by atomic mass is 10.2. The highest BCUT2D eigenvalue weighted by atomic mass is 79.9. The standard InChI is InChI=1S/C13H21BrFN3O2S/c1-9(4-5-18(2)3)17-21(19,20)12-7-11(14)6-10(8-16)13(12)15/h6-7,9,17H,4-5,8,16H2,1-3H3. The van der Waals surface area contributed by atoms with Gasteiger partial charge in [-0.2, -0.15) is 0 Å². The first kappa shape index (κ1) is 18.5. The van der Waals surface area contributed by atoms with E-state index in [1.165, 1.54) is 12.1 Å². The molecule has 0 aliphatic carbocycles. The third-order valence-electron chi connectivity index (χ3n) is 2.95. The molecule has 0 fully saturated rings. The van der Waals surface area contributed by atoms with E-state index in [0.717, 1.165) is 6.54 Å². The minimum Gasteiger partial charge on any atom is -0.326 e. The number of nitrogens with one attached hydrogen (secondary N) is 1. The Bertz CT molecular complexity index is 593. The number of hydrogen-bond acceptors (Lipinski definition) is 4. The fourth-order valence-corrected chi connectivity index (χ4v) is 3.88. The molecule has 0 amide bonds. The Balaban J connectivity index is 3.00. The summed E-state index contributed by atoms with van der Waals surface area (Å²) in [4.78, 5) is 1.57. The van der Waals surface area contributed by atoms with E-state index in [4.69, 9.17) is 5.73 Å². The Kier molecular flexibility index (Phi) is 6.73. The van der Waals surface area contributed by atoms with Crippen molar-refractivity contribution in [3.05, 3.63) is 28.0 Å². The monoisotopic (exact) mass is 381 g/mol. The van der Waals surface area contributed by atoms with Crippen LogP contribution in [0.25, 0.3) is 0 Å². The van der Waals surface area contributed by atoms with Gasteiger partial charge in [-0.1, -0.05) is 15.9 Å². The maximum absolute atomic E-state index is 14.2. The molecule has 1 aromatic carbocycles. The van der Waals surface area contributed by atoms with Crippen molar-refractivity contribution >= 4 is 26.0 Å². The van der Waals surface area contributed by atoms with Crippen molar-refractivity contribution in [2.45, 2.75) is 30.8 Å². The number of benzene rings is 1. The van der Waals surface area contributed by atoms with E-state index in [0.29, 0.717) is 10.9 Å². The summed E-state index contributed by atoms with van der Waals surface area (Å²) in [6.45, 7) is 2.42. The van der Waals surface area contributed by atoms with Crippen molar-refractivity contribution in [2.24, 2.45) is 5.73 Å². The van der Waals surface area contributed by atoms with Crippen LogP contribution in [0.15, 0.2) is 21.5 Å². The van der Waals surface area contributed by atoms with Crippen molar-refractivity contribution < 1.29 is 12.8 Å². The Morgan fingerprint density at radius 2 is 2.05 bits per heavy atom. The zero-order chi connectivity index (χ0) is 16.2. The van der Waals surface area contributed by atoms with Gasteiger partial charge >= 0.3 is 0 Å². The predicted octanol–water partition coefficient (Wildman–Crippen LogP) is 1.67. The first-order valence-electron chi connectivity index (χ1n) is 6.52. The number of hydrogen-bond donors (Lipinski definition) is 2. The number of nitrogens with two attached hydrogens (primary N) is 1. The molecule has 1 aromatic rings. The fourth-order valence-electron chi connectivity index (χ4n) is 1.80. The van der Waals surface area contributed by atoms with Gasteiger partial charge in [0.05, 0.1) is 0 Å². The van der Waals surface area contributed by atoms with Crippen LogP contribution in [0.4, 0.5) is 4.39 Å². The topological polar surface area (TPSA) is 75.4 Å². The van der Waals surface area contributed by atoms with Crippen molar-refractivity contribution in [3.8, 4) is 0 Å². The van der Waals surface area contributed by atoms with Gasteiger partial charge in [-0.05, 0) is 46.1 Å². The van der Waals surface area contributed by atoms with Crippen molar-refractivity contribution in [3.63, 3.8) is 0 Å². The molecule has 0 bridgehead atoms. The third-order valence-corrected chi connectivity index (χ3v) is 5.00. The second-order valence-electron chi connectivity index (χ2n) is 5.20. The third kappa shape index (κ3) is 5.30. The van der Waals surface area contributed by atoms with Crippen LogP contribution in [0.1, 0.15) is 18.9 Å². The summed E-state index contributed by atoms with van der Waals surface area (Å²) in [5.41, 5.74) is 5.59. The number of halogens is 2. The molecule has 0 aromatic heterocycles. The molecule has 120 valence electrons. The minimum absolute atomic E-state index is 0.0655. The summed E-state index contributed by atoms with van der Waals surface area (Å²) < 4.78 is 41.8. The average molecular weight is 382 g/mol. The van der Waals surface area contributed by atoms with Gasteiger partial charge in [0.1, 0.15) is 10.7 Å². The molecule has 0 aliphatic rings. The highest BCUT2D eigenvalue weighted by Crippen LogP contribution is 2.24. The molecule has 3 N–H and O–H groups in total. The van der Waals surface area contributed by atoms with Gasteiger partial charge in [0, 0.05) is 22.6 Å². The largest absolute Gasteiger partial charge is 0.326 e. The van der Waals surface area contributed by atoms with E-state index >= 15 is 0 Å². The second kappa shape index (κ2) is 7.64. The molecule has 0 saturated carbocycles. The van der Waals surface area contributed by atoms with Crippen molar-refractivity contribution in [2.75, 3.05) is 20.6 Å². The lowest BCUT2D eigenvalue weighted by molar-refractivity contribution is 0.378. The molecule has 5 nitrogen and oxygen atoms in total. The molecule has 0 heterocycles. The van der Waals surface area contributed by atoms with E-state index in [-0.39, 0.29) is 23.0 Å². The first-order valence-corrected chi connectivity index (χ1v) is 8.80. The maximum Gasteiger partial charge on any atom is 0.243 e. The van der Waals surface area contributed by atoms with Crippen LogP contribution in [0.3, 0.4) is 0 Å². The van der Waals surface area contributed by atoms with Crippen LogP contribution in [0.2, 0.25) is 0 Å². The quantitative estimate of drug-likeness (QED) is 0.752. The van der Waals surface area contributed by atoms with Gasteiger partial charge in [-0.3, -0.25) is 0 Å². The average Bonchev–Trinajstić information content (AvgIpc) is 2.38. The van der Waals surface area contributed by atoms with Crippen molar-refractivity contribution in [1.29, 1.82) is 0 Å². The molecule has 1 atom stereocenters. The van der Waals surface area contributed by atoms with Gasteiger partial charge < -0.3 is 10.6 Å². The zero-order valence-electron chi connectivity index (χ0n) is 12.4. The maximum atomic E-state index is 14.2. The van der Waals surface area contributed by atoms with Crippen LogP contribution >= 0.6 is 15.9 Å². The van der Waals surface area contributed by atoms with Crippen LogP contribution in [-0.4, -0.2) is 40.0 Å². The molecule has 21 heavy (non-hydrogen) atoms. The van der Waals surface area contributed by atoms with Crippen LogP contribution in [-0.2, 0) is 16.6 Å². The molecule has 1 unspecified atom stereocenters.